The number of ether oxygens (including phenoxy) is 2. The minimum absolute atomic E-state index is 0.166. The van der Waals surface area contributed by atoms with Gasteiger partial charge in [0, 0.05) is 13.0 Å². The van der Waals surface area contributed by atoms with Crippen molar-refractivity contribution in [2.24, 2.45) is 0 Å². The summed E-state index contributed by atoms with van der Waals surface area (Å²) in [5, 5.41) is 0. The standard InChI is InChI=1S/C13H21N3O3/c1-5-10-15-11(13(17)18-4)12(14)16(10)6-7-19-8-9(2)3/h2,5-8,14H2,1,3-4H3. The molecule has 0 spiro atoms. The van der Waals surface area contributed by atoms with Gasteiger partial charge < -0.3 is 19.8 Å². The first-order chi connectivity index (χ1) is 9.01. The SMILES string of the molecule is C=C(C)COCCn1c(CC)nc(C(=O)OC)c1N. The summed E-state index contributed by atoms with van der Waals surface area (Å²) in [5.41, 5.74) is 7.05. The molecule has 0 saturated heterocycles. The van der Waals surface area contributed by atoms with Crippen LogP contribution in [-0.4, -0.2) is 35.8 Å². The van der Waals surface area contributed by atoms with E-state index in [9.17, 15) is 4.79 Å². The first-order valence-electron chi connectivity index (χ1n) is 6.16. The van der Waals surface area contributed by atoms with Gasteiger partial charge in [0.05, 0.1) is 20.3 Å². The van der Waals surface area contributed by atoms with Gasteiger partial charge in [0.15, 0.2) is 5.69 Å². The Hall–Kier alpha value is -1.82. The highest BCUT2D eigenvalue weighted by molar-refractivity contribution is 5.92. The molecular weight excluding hydrogens is 246 g/mol. The Labute approximate surface area is 113 Å². The number of carbonyl (C=O) groups excluding carboxylic acids is 1. The third-order valence-electron chi connectivity index (χ3n) is 2.59. The van der Waals surface area contributed by atoms with Gasteiger partial charge in [-0.15, -0.1) is 0 Å². The first kappa shape index (κ1) is 15.2. The Morgan fingerprint density at radius 3 is 2.74 bits per heavy atom. The number of hydrogen-bond donors (Lipinski definition) is 1. The summed E-state index contributed by atoms with van der Waals surface area (Å²) in [6.07, 6.45) is 0.682. The number of carbonyl (C=O) groups is 1. The lowest BCUT2D eigenvalue weighted by Gasteiger charge is -2.09. The molecule has 0 bridgehead atoms. The van der Waals surface area contributed by atoms with E-state index in [1.165, 1.54) is 7.11 Å². The molecule has 0 saturated carbocycles. The van der Waals surface area contributed by atoms with Gasteiger partial charge in [0.2, 0.25) is 0 Å². The molecule has 0 unspecified atom stereocenters. The Morgan fingerprint density at radius 2 is 2.21 bits per heavy atom. The molecule has 6 heteroatoms. The van der Waals surface area contributed by atoms with Crippen LogP contribution in [0.2, 0.25) is 0 Å². The van der Waals surface area contributed by atoms with E-state index in [-0.39, 0.29) is 5.69 Å². The lowest BCUT2D eigenvalue weighted by Crippen LogP contribution is -2.13. The van der Waals surface area contributed by atoms with Crippen LogP contribution in [0.15, 0.2) is 12.2 Å². The van der Waals surface area contributed by atoms with Crippen LogP contribution in [0.5, 0.6) is 0 Å². The van der Waals surface area contributed by atoms with Gasteiger partial charge in [-0.2, -0.15) is 0 Å². The van der Waals surface area contributed by atoms with E-state index in [0.717, 1.165) is 11.4 Å². The lowest BCUT2D eigenvalue weighted by atomic mass is 10.4. The van der Waals surface area contributed by atoms with Crippen molar-refractivity contribution in [3.8, 4) is 0 Å². The number of imidazole rings is 1. The maximum absolute atomic E-state index is 11.5. The molecule has 0 atom stereocenters. The molecule has 6 nitrogen and oxygen atoms in total. The number of nitrogens with two attached hydrogens (primary N) is 1. The predicted octanol–water partition coefficient (Wildman–Crippen LogP) is 1.41. The number of nitrogens with zero attached hydrogens (tertiary/aromatic N) is 2. The van der Waals surface area contributed by atoms with E-state index in [0.29, 0.717) is 32.0 Å². The van der Waals surface area contributed by atoms with Crippen LogP contribution in [0.4, 0.5) is 5.82 Å². The van der Waals surface area contributed by atoms with Crippen LogP contribution < -0.4 is 5.73 Å². The van der Waals surface area contributed by atoms with Crippen molar-refractivity contribution in [3.05, 3.63) is 23.7 Å². The van der Waals surface area contributed by atoms with Crippen LogP contribution in [0.3, 0.4) is 0 Å². The zero-order valence-electron chi connectivity index (χ0n) is 11.7. The Balaban J connectivity index is 2.78. The molecule has 0 fully saturated rings. The molecule has 0 aliphatic heterocycles. The minimum Gasteiger partial charge on any atom is -0.464 e. The number of aryl methyl sites for hydroxylation is 1. The highest BCUT2D eigenvalue weighted by Gasteiger charge is 2.19. The van der Waals surface area contributed by atoms with Crippen LogP contribution >= 0.6 is 0 Å². The molecule has 2 N–H and O–H groups in total. The highest BCUT2D eigenvalue weighted by Crippen LogP contribution is 2.16. The van der Waals surface area contributed by atoms with E-state index in [4.69, 9.17) is 10.5 Å². The molecule has 19 heavy (non-hydrogen) atoms. The number of aromatic nitrogens is 2. The minimum atomic E-state index is -0.520. The summed E-state index contributed by atoms with van der Waals surface area (Å²) in [6, 6.07) is 0. The van der Waals surface area contributed by atoms with Gasteiger partial charge in [-0.3, -0.25) is 0 Å². The number of rotatable bonds is 7. The summed E-state index contributed by atoms with van der Waals surface area (Å²) >= 11 is 0. The molecule has 1 heterocycles. The second-order valence-corrected chi connectivity index (χ2v) is 4.27. The molecular formula is C13H21N3O3. The fraction of sp³-hybridized carbons (Fsp3) is 0.538. The first-order valence-corrected chi connectivity index (χ1v) is 6.16. The van der Waals surface area contributed by atoms with Crippen molar-refractivity contribution in [1.29, 1.82) is 0 Å². The molecule has 0 aromatic carbocycles. The second-order valence-electron chi connectivity index (χ2n) is 4.27. The van der Waals surface area contributed by atoms with E-state index in [1.807, 2.05) is 13.8 Å². The Bertz CT molecular complexity index is 466. The van der Waals surface area contributed by atoms with Crippen molar-refractivity contribution in [2.45, 2.75) is 26.8 Å². The number of esters is 1. The van der Waals surface area contributed by atoms with Crippen molar-refractivity contribution in [2.75, 3.05) is 26.1 Å². The van der Waals surface area contributed by atoms with Crippen LogP contribution in [-0.2, 0) is 22.4 Å². The summed E-state index contributed by atoms with van der Waals surface area (Å²) in [7, 11) is 1.31. The maximum Gasteiger partial charge on any atom is 0.360 e. The summed E-state index contributed by atoms with van der Waals surface area (Å²) < 4.78 is 11.9. The summed E-state index contributed by atoms with van der Waals surface area (Å²) in [5.74, 6) is 0.549. The van der Waals surface area contributed by atoms with Crippen LogP contribution in [0.1, 0.15) is 30.2 Å². The Morgan fingerprint density at radius 1 is 1.53 bits per heavy atom. The van der Waals surface area contributed by atoms with Crippen LogP contribution in [0, 0.1) is 0 Å². The van der Waals surface area contributed by atoms with E-state index in [2.05, 4.69) is 16.3 Å². The monoisotopic (exact) mass is 267 g/mol. The fourth-order valence-corrected chi connectivity index (χ4v) is 1.68. The van der Waals surface area contributed by atoms with E-state index < -0.39 is 5.97 Å². The van der Waals surface area contributed by atoms with E-state index >= 15 is 0 Å². The van der Waals surface area contributed by atoms with Gasteiger partial charge in [0.1, 0.15) is 11.6 Å². The van der Waals surface area contributed by atoms with Gasteiger partial charge in [-0.25, -0.2) is 9.78 Å². The van der Waals surface area contributed by atoms with Crippen LogP contribution in [0.25, 0.3) is 0 Å². The Kier molecular flexibility index (Phi) is 5.57. The predicted molar refractivity (Wildman–Crippen MR) is 73.0 cm³/mol. The van der Waals surface area contributed by atoms with Crippen molar-refractivity contribution in [3.63, 3.8) is 0 Å². The molecule has 1 aromatic rings. The zero-order chi connectivity index (χ0) is 14.4. The van der Waals surface area contributed by atoms with Crippen molar-refractivity contribution in [1.82, 2.24) is 9.55 Å². The third-order valence-corrected chi connectivity index (χ3v) is 2.59. The smallest absolute Gasteiger partial charge is 0.360 e. The fourth-order valence-electron chi connectivity index (χ4n) is 1.68. The van der Waals surface area contributed by atoms with Crippen molar-refractivity contribution >= 4 is 11.8 Å². The molecule has 0 radical (unpaired) electrons. The maximum atomic E-state index is 11.5. The largest absolute Gasteiger partial charge is 0.464 e. The number of hydrogen-bond acceptors (Lipinski definition) is 5. The molecule has 1 aromatic heterocycles. The molecule has 0 amide bonds. The van der Waals surface area contributed by atoms with Gasteiger partial charge in [-0.05, 0) is 6.92 Å². The average Bonchev–Trinajstić information content (AvgIpc) is 2.70. The van der Waals surface area contributed by atoms with Crippen molar-refractivity contribution < 1.29 is 14.3 Å². The molecule has 1 rings (SSSR count). The zero-order valence-corrected chi connectivity index (χ0v) is 11.7. The average molecular weight is 267 g/mol. The summed E-state index contributed by atoms with van der Waals surface area (Å²) in [6.45, 7) is 9.16. The topological polar surface area (TPSA) is 79.4 Å². The normalized spacial score (nSPS) is 10.5. The third kappa shape index (κ3) is 3.82. The second kappa shape index (κ2) is 6.94. The lowest BCUT2D eigenvalue weighted by molar-refractivity contribution is 0.0595. The highest BCUT2D eigenvalue weighted by atomic mass is 16.5. The summed E-state index contributed by atoms with van der Waals surface area (Å²) in [4.78, 5) is 15.7. The van der Waals surface area contributed by atoms with Gasteiger partial charge in [0.25, 0.3) is 0 Å². The molecule has 106 valence electrons. The van der Waals surface area contributed by atoms with Gasteiger partial charge in [-0.1, -0.05) is 19.1 Å². The number of nitrogen functional groups attached to an aromatic ring is 1. The molecule has 0 aliphatic rings. The van der Waals surface area contributed by atoms with Gasteiger partial charge >= 0.3 is 5.97 Å². The van der Waals surface area contributed by atoms with E-state index in [1.54, 1.807) is 4.57 Å². The number of methoxy groups -OCH3 is 1. The molecule has 0 aliphatic carbocycles. The quantitative estimate of drug-likeness (QED) is 0.459. The number of anilines is 1.